The van der Waals surface area contributed by atoms with Gasteiger partial charge in [0.2, 0.25) is 12.7 Å². The minimum Gasteiger partial charge on any atom is -0.454 e. The maximum absolute atomic E-state index is 13.4. The second kappa shape index (κ2) is 10.2. The number of carbonyl (C=O) groups is 1. The van der Waals surface area contributed by atoms with Crippen LogP contribution in [0.3, 0.4) is 0 Å². The van der Waals surface area contributed by atoms with Crippen LogP contribution in [0.1, 0.15) is 24.0 Å². The maximum Gasteiger partial charge on any atom is 0.231 e. The van der Waals surface area contributed by atoms with Gasteiger partial charge >= 0.3 is 0 Å². The van der Waals surface area contributed by atoms with Gasteiger partial charge in [0.1, 0.15) is 0 Å². The molecule has 2 heterocycles. The Morgan fingerprint density at radius 3 is 2.45 bits per heavy atom. The fourth-order valence-electron chi connectivity index (χ4n) is 4.29. The third kappa shape index (κ3) is 5.77. The Kier molecular flexibility index (Phi) is 7.10. The Bertz CT molecular complexity index is 864. The highest BCUT2D eigenvalue weighted by atomic mass is 16.7. The average Bonchev–Trinajstić information content (AvgIpc) is 3.25. The number of likely N-dealkylation sites (N-methyl/N-ethyl adjacent to an activating group) is 1. The van der Waals surface area contributed by atoms with Crippen LogP contribution in [0.25, 0.3) is 0 Å². The van der Waals surface area contributed by atoms with Gasteiger partial charge in [0.05, 0.1) is 0 Å². The van der Waals surface area contributed by atoms with Crippen LogP contribution in [0.2, 0.25) is 0 Å². The first kappa shape index (κ1) is 21.7. The van der Waals surface area contributed by atoms with E-state index in [0.29, 0.717) is 19.2 Å². The molecule has 0 N–H and O–H groups in total. The van der Waals surface area contributed by atoms with Crippen LogP contribution in [0, 0.1) is 5.92 Å². The quantitative estimate of drug-likeness (QED) is 0.652. The maximum atomic E-state index is 13.4. The van der Waals surface area contributed by atoms with Gasteiger partial charge in [-0.25, -0.2) is 0 Å². The van der Waals surface area contributed by atoms with Gasteiger partial charge in [-0.2, -0.15) is 0 Å². The van der Waals surface area contributed by atoms with Crippen molar-refractivity contribution in [2.24, 2.45) is 5.92 Å². The van der Waals surface area contributed by atoms with E-state index >= 15 is 0 Å². The van der Waals surface area contributed by atoms with Gasteiger partial charge in [0.25, 0.3) is 0 Å². The minimum absolute atomic E-state index is 0.110. The Morgan fingerprint density at radius 2 is 1.71 bits per heavy atom. The molecular weight excluding hydrogens is 390 g/mol. The molecule has 2 aliphatic rings. The van der Waals surface area contributed by atoms with Crippen LogP contribution < -0.4 is 9.47 Å². The van der Waals surface area contributed by atoms with E-state index < -0.39 is 0 Å². The molecule has 1 amide bonds. The van der Waals surface area contributed by atoms with Crippen LogP contribution in [-0.4, -0.2) is 67.7 Å². The predicted molar refractivity (Wildman–Crippen MR) is 121 cm³/mol. The molecule has 31 heavy (non-hydrogen) atoms. The van der Waals surface area contributed by atoms with E-state index in [0.717, 1.165) is 57.1 Å². The molecule has 0 saturated carbocycles. The van der Waals surface area contributed by atoms with Crippen LogP contribution in [0.15, 0.2) is 48.5 Å². The molecule has 2 aliphatic heterocycles. The second-order valence-electron chi connectivity index (χ2n) is 8.79. The third-order valence-corrected chi connectivity index (χ3v) is 6.13. The van der Waals surface area contributed by atoms with Crippen molar-refractivity contribution >= 4 is 5.91 Å². The van der Waals surface area contributed by atoms with Crippen molar-refractivity contribution in [3.8, 4) is 11.5 Å². The Balaban J connectivity index is 1.32. The van der Waals surface area contributed by atoms with Crippen molar-refractivity contribution in [1.82, 2.24) is 14.7 Å². The topological polar surface area (TPSA) is 45.2 Å². The minimum atomic E-state index is 0.110. The lowest BCUT2D eigenvalue weighted by atomic mass is 9.94. The number of hydrogen-bond donors (Lipinski definition) is 0. The molecule has 0 radical (unpaired) electrons. The molecule has 2 aromatic rings. The van der Waals surface area contributed by atoms with Crippen LogP contribution in [0.4, 0.5) is 0 Å². The summed E-state index contributed by atoms with van der Waals surface area (Å²) >= 11 is 0. The molecule has 0 aliphatic carbocycles. The molecular formula is C25H33N3O3. The number of piperidine rings is 1. The first-order valence-corrected chi connectivity index (χ1v) is 11.2. The molecule has 2 aromatic carbocycles. The lowest BCUT2D eigenvalue weighted by Gasteiger charge is -2.34. The zero-order valence-corrected chi connectivity index (χ0v) is 18.6. The molecule has 6 heteroatoms. The highest BCUT2D eigenvalue weighted by Gasteiger charge is 2.29. The van der Waals surface area contributed by atoms with E-state index in [1.54, 1.807) is 0 Å². The molecule has 4 rings (SSSR count). The van der Waals surface area contributed by atoms with Gasteiger partial charge in [-0.05, 0) is 63.3 Å². The van der Waals surface area contributed by atoms with Crippen LogP contribution in [-0.2, 0) is 17.9 Å². The summed E-state index contributed by atoms with van der Waals surface area (Å²) in [5.74, 6) is 2.07. The summed E-state index contributed by atoms with van der Waals surface area (Å²) < 4.78 is 10.9. The van der Waals surface area contributed by atoms with Crippen LogP contribution in [0.5, 0.6) is 11.5 Å². The Labute approximate surface area is 185 Å². The zero-order chi connectivity index (χ0) is 21.6. The monoisotopic (exact) mass is 423 g/mol. The molecule has 0 spiro atoms. The summed E-state index contributed by atoms with van der Waals surface area (Å²) in [5, 5.41) is 0. The van der Waals surface area contributed by atoms with Gasteiger partial charge in [-0.3, -0.25) is 9.69 Å². The lowest BCUT2D eigenvalue weighted by Crippen LogP contribution is -2.44. The number of carbonyl (C=O) groups excluding carboxylic acids is 1. The van der Waals surface area contributed by atoms with E-state index in [1.807, 2.05) is 29.2 Å². The van der Waals surface area contributed by atoms with E-state index in [4.69, 9.17) is 9.47 Å². The summed E-state index contributed by atoms with van der Waals surface area (Å²) in [6.45, 7) is 5.39. The number of ether oxygens (including phenoxy) is 2. The van der Waals surface area contributed by atoms with Crippen molar-refractivity contribution in [3.63, 3.8) is 0 Å². The molecule has 0 atom stereocenters. The fraction of sp³-hybridized carbons (Fsp3) is 0.480. The summed E-state index contributed by atoms with van der Waals surface area (Å²) in [6, 6.07) is 16.5. The number of hydrogen-bond acceptors (Lipinski definition) is 5. The van der Waals surface area contributed by atoms with Gasteiger partial charge in [0, 0.05) is 32.1 Å². The van der Waals surface area contributed by atoms with Crippen molar-refractivity contribution in [2.75, 3.05) is 47.1 Å². The Morgan fingerprint density at radius 1 is 0.968 bits per heavy atom. The number of benzene rings is 2. The van der Waals surface area contributed by atoms with E-state index in [9.17, 15) is 4.79 Å². The van der Waals surface area contributed by atoms with Crippen molar-refractivity contribution in [3.05, 3.63) is 59.7 Å². The number of nitrogens with zero attached hydrogens (tertiary/aromatic N) is 3. The standard InChI is InChI=1S/C25H33N3O3/c1-26(2)14-15-28(18-20-6-4-3-5-7-20)25(29)22-10-12-27(13-11-22)17-21-8-9-23-24(16-21)31-19-30-23/h3-9,16,22H,10-15,17-19H2,1-2H3. The van der Waals surface area contributed by atoms with Gasteiger partial charge < -0.3 is 19.3 Å². The van der Waals surface area contributed by atoms with Crippen LogP contribution >= 0.6 is 0 Å². The van der Waals surface area contributed by atoms with Crippen molar-refractivity contribution in [2.45, 2.75) is 25.9 Å². The molecule has 0 aromatic heterocycles. The fourth-order valence-corrected chi connectivity index (χ4v) is 4.29. The van der Waals surface area contributed by atoms with E-state index in [1.165, 1.54) is 11.1 Å². The molecule has 1 saturated heterocycles. The van der Waals surface area contributed by atoms with Gasteiger partial charge in [-0.15, -0.1) is 0 Å². The summed E-state index contributed by atoms with van der Waals surface area (Å²) in [5.41, 5.74) is 2.42. The first-order valence-electron chi connectivity index (χ1n) is 11.2. The molecule has 166 valence electrons. The number of likely N-dealkylation sites (tertiary alicyclic amines) is 1. The van der Waals surface area contributed by atoms with E-state index in [-0.39, 0.29) is 5.92 Å². The molecule has 0 bridgehead atoms. The normalized spacial score (nSPS) is 16.6. The van der Waals surface area contributed by atoms with Gasteiger partial charge in [-0.1, -0.05) is 36.4 Å². The number of rotatable bonds is 8. The van der Waals surface area contributed by atoms with E-state index in [2.05, 4.69) is 48.2 Å². The second-order valence-corrected chi connectivity index (χ2v) is 8.79. The SMILES string of the molecule is CN(C)CCN(Cc1ccccc1)C(=O)C1CCN(Cc2ccc3c(c2)OCO3)CC1. The molecule has 6 nitrogen and oxygen atoms in total. The van der Waals surface area contributed by atoms with Gasteiger partial charge in [0.15, 0.2) is 11.5 Å². The van der Waals surface area contributed by atoms with Crippen molar-refractivity contribution in [1.29, 1.82) is 0 Å². The lowest BCUT2D eigenvalue weighted by molar-refractivity contribution is -0.138. The molecule has 1 fully saturated rings. The smallest absolute Gasteiger partial charge is 0.231 e. The predicted octanol–water partition coefficient (Wildman–Crippen LogP) is 3.22. The average molecular weight is 424 g/mol. The summed E-state index contributed by atoms with van der Waals surface area (Å²) in [6.07, 6.45) is 1.83. The number of fused-ring (bicyclic) bond motifs is 1. The van der Waals surface area contributed by atoms with Crippen molar-refractivity contribution < 1.29 is 14.3 Å². The highest BCUT2D eigenvalue weighted by molar-refractivity contribution is 5.79. The summed E-state index contributed by atoms with van der Waals surface area (Å²) in [7, 11) is 4.11. The summed E-state index contributed by atoms with van der Waals surface area (Å²) in [4.78, 5) is 20.0. The largest absolute Gasteiger partial charge is 0.454 e. The highest BCUT2D eigenvalue weighted by Crippen LogP contribution is 2.33. The third-order valence-electron chi connectivity index (χ3n) is 6.13. The Hall–Kier alpha value is -2.57. The zero-order valence-electron chi connectivity index (χ0n) is 18.6. The number of amides is 1. The molecule has 0 unspecified atom stereocenters. The first-order chi connectivity index (χ1) is 15.1.